The summed E-state index contributed by atoms with van der Waals surface area (Å²) in [5.41, 5.74) is 1.57. The summed E-state index contributed by atoms with van der Waals surface area (Å²) in [4.78, 5) is 27.6. The third kappa shape index (κ3) is 3.58. The molecule has 2 aliphatic rings. The standard InChI is InChI=1S/C20H23ClN4O2/c1-24-10-9-18(23-24)22-20(27)17(11-13-5-2-3-6-13)25-16-8-4-7-15(21)14(16)12-19(25)26/h4,7-10,13,17H,2-3,5-6,11-12H2,1H3,(H,22,23,27). The Morgan fingerprint density at radius 1 is 1.33 bits per heavy atom. The lowest BCUT2D eigenvalue weighted by Gasteiger charge is -2.29. The van der Waals surface area contributed by atoms with Crippen LogP contribution in [-0.4, -0.2) is 27.6 Å². The second kappa shape index (κ2) is 7.35. The summed E-state index contributed by atoms with van der Waals surface area (Å²) < 4.78 is 1.64. The Morgan fingerprint density at radius 2 is 2.11 bits per heavy atom. The summed E-state index contributed by atoms with van der Waals surface area (Å²) in [6.07, 6.45) is 7.28. The molecular formula is C20H23ClN4O2. The molecule has 2 amide bonds. The topological polar surface area (TPSA) is 67.2 Å². The van der Waals surface area contributed by atoms with E-state index in [4.69, 9.17) is 11.6 Å². The maximum absolute atomic E-state index is 13.1. The van der Waals surface area contributed by atoms with Gasteiger partial charge in [-0.15, -0.1) is 0 Å². The summed E-state index contributed by atoms with van der Waals surface area (Å²) in [5, 5.41) is 7.69. The molecule has 1 unspecified atom stereocenters. The van der Waals surface area contributed by atoms with Crippen LogP contribution in [0.1, 0.15) is 37.7 Å². The maximum Gasteiger partial charge on any atom is 0.248 e. The van der Waals surface area contributed by atoms with E-state index in [0.717, 1.165) is 24.1 Å². The van der Waals surface area contributed by atoms with E-state index in [0.29, 0.717) is 23.2 Å². The zero-order chi connectivity index (χ0) is 19.0. The highest BCUT2D eigenvalue weighted by Crippen LogP contribution is 2.38. The smallest absolute Gasteiger partial charge is 0.248 e. The van der Waals surface area contributed by atoms with Crippen LogP contribution in [0.25, 0.3) is 0 Å². The molecule has 142 valence electrons. The van der Waals surface area contributed by atoms with Gasteiger partial charge in [-0.2, -0.15) is 5.10 Å². The molecule has 2 heterocycles. The van der Waals surface area contributed by atoms with Gasteiger partial charge in [-0.05, 0) is 24.5 Å². The van der Waals surface area contributed by atoms with Gasteiger partial charge in [-0.3, -0.25) is 19.2 Å². The van der Waals surface area contributed by atoms with Gasteiger partial charge in [0.2, 0.25) is 11.8 Å². The monoisotopic (exact) mass is 386 g/mol. The Morgan fingerprint density at radius 3 is 2.81 bits per heavy atom. The fourth-order valence-corrected chi connectivity index (χ4v) is 4.48. The first kappa shape index (κ1) is 18.0. The van der Waals surface area contributed by atoms with Crippen LogP contribution in [0.2, 0.25) is 5.02 Å². The highest BCUT2D eigenvalue weighted by atomic mass is 35.5. The number of hydrogen-bond acceptors (Lipinski definition) is 3. The summed E-state index contributed by atoms with van der Waals surface area (Å²) in [7, 11) is 1.80. The number of rotatable bonds is 5. The number of hydrogen-bond donors (Lipinski definition) is 1. The predicted molar refractivity (Wildman–Crippen MR) is 105 cm³/mol. The van der Waals surface area contributed by atoms with Gasteiger partial charge in [0.1, 0.15) is 6.04 Å². The van der Waals surface area contributed by atoms with E-state index in [1.165, 1.54) is 12.8 Å². The second-order valence-electron chi connectivity index (χ2n) is 7.44. The third-order valence-corrected chi connectivity index (χ3v) is 5.92. The molecule has 6 nitrogen and oxygen atoms in total. The third-order valence-electron chi connectivity index (χ3n) is 5.56. The van der Waals surface area contributed by atoms with Crippen LogP contribution in [0.4, 0.5) is 11.5 Å². The molecule has 1 aliphatic carbocycles. The van der Waals surface area contributed by atoms with Crippen molar-refractivity contribution >= 4 is 34.9 Å². The zero-order valence-electron chi connectivity index (χ0n) is 15.3. The number of aryl methyl sites for hydroxylation is 1. The summed E-state index contributed by atoms with van der Waals surface area (Å²) in [6.45, 7) is 0. The van der Waals surface area contributed by atoms with Crippen LogP contribution in [0.15, 0.2) is 30.5 Å². The van der Waals surface area contributed by atoms with Gasteiger partial charge in [0, 0.05) is 35.6 Å². The van der Waals surface area contributed by atoms with Gasteiger partial charge >= 0.3 is 0 Å². The Kier molecular flexibility index (Phi) is 4.91. The summed E-state index contributed by atoms with van der Waals surface area (Å²) >= 11 is 6.30. The van der Waals surface area contributed by atoms with Gasteiger partial charge in [-0.25, -0.2) is 0 Å². The van der Waals surface area contributed by atoms with Crippen molar-refractivity contribution in [2.45, 2.75) is 44.6 Å². The van der Waals surface area contributed by atoms with Crippen LogP contribution in [0, 0.1) is 5.92 Å². The van der Waals surface area contributed by atoms with Crippen molar-refractivity contribution in [2.75, 3.05) is 10.2 Å². The van der Waals surface area contributed by atoms with Crippen molar-refractivity contribution in [3.8, 4) is 0 Å². The Bertz CT molecular complexity index is 873. The Labute approximate surface area is 163 Å². The van der Waals surface area contributed by atoms with Crippen LogP contribution >= 0.6 is 11.6 Å². The molecule has 1 aromatic carbocycles. The Balaban J connectivity index is 1.64. The van der Waals surface area contributed by atoms with Crippen molar-refractivity contribution in [3.05, 3.63) is 41.0 Å². The highest BCUT2D eigenvalue weighted by Gasteiger charge is 2.39. The zero-order valence-corrected chi connectivity index (χ0v) is 16.1. The largest absolute Gasteiger partial charge is 0.307 e. The number of carbonyl (C=O) groups is 2. The number of anilines is 2. The van der Waals surface area contributed by atoms with Gasteiger partial charge < -0.3 is 5.32 Å². The van der Waals surface area contributed by atoms with E-state index in [1.54, 1.807) is 35.0 Å². The van der Waals surface area contributed by atoms with E-state index in [1.807, 2.05) is 12.1 Å². The molecule has 27 heavy (non-hydrogen) atoms. The van der Waals surface area contributed by atoms with E-state index in [2.05, 4.69) is 10.4 Å². The minimum atomic E-state index is -0.553. The van der Waals surface area contributed by atoms with Crippen molar-refractivity contribution < 1.29 is 9.59 Å². The summed E-state index contributed by atoms with van der Waals surface area (Å²) in [5.74, 6) is 0.691. The normalized spacial score (nSPS) is 18.0. The van der Waals surface area contributed by atoms with Crippen molar-refractivity contribution in [3.63, 3.8) is 0 Å². The number of nitrogens with zero attached hydrogens (tertiary/aromatic N) is 3. The number of nitrogens with one attached hydrogen (secondary N) is 1. The van der Waals surface area contributed by atoms with E-state index >= 15 is 0 Å². The number of benzene rings is 1. The van der Waals surface area contributed by atoms with Crippen molar-refractivity contribution in [2.24, 2.45) is 13.0 Å². The quantitative estimate of drug-likeness (QED) is 0.854. The Hall–Kier alpha value is -2.34. The fourth-order valence-electron chi connectivity index (χ4n) is 4.24. The predicted octanol–water partition coefficient (Wildman–Crippen LogP) is 3.55. The molecular weight excluding hydrogens is 364 g/mol. The first-order chi connectivity index (χ1) is 13.0. The maximum atomic E-state index is 13.1. The molecule has 0 saturated heterocycles. The van der Waals surface area contributed by atoms with Gasteiger partial charge in [0.15, 0.2) is 5.82 Å². The number of amides is 2. The van der Waals surface area contributed by atoms with Crippen LogP contribution < -0.4 is 10.2 Å². The van der Waals surface area contributed by atoms with Crippen LogP contribution in [0.5, 0.6) is 0 Å². The van der Waals surface area contributed by atoms with E-state index < -0.39 is 6.04 Å². The first-order valence-electron chi connectivity index (χ1n) is 9.43. The number of halogens is 1. The first-order valence-corrected chi connectivity index (χ1v) is 9.80. The molecule has 1 atom stereocenters. The molecule has 1 aliphatic heterocycles. The van der Waals surface area contributed by atoms with Gasteiger partial charge in [0.25, 0.3) is 0 Å². The number of carbonyl (C=O) groups excluding carboxylic acids is 2. The average Bonchev–Trinajstić information content (AvgIpc) is 3.34. The number of aromatic nitrogens is 2. The average molecular weight is 387 g/mol. The molecule has 7 heteroatoms. The lowest BCUT2D eigenvalue weighted by Crippen LogP contribution is -2.47. The molecule has 1 saturated carbocycles. The lowest BCUT2D eigenvalue weighted by molar-refractivity contribution is -0.123. The van der Waals surface area contributed by atoms with Crippen molar-refractivity contribution in [1.82, 2.24) is 9.78 Å². The van der Waals surface area contributed by atoms with Gasteiger partial charge in [-0.1, -0.05) is 43.4 Å². The fraction of sp³-hybridized carbons (Fsp3) is 0.450. The van der Waals surface area contributed by atoms with Crippen molar-refractivity contribution in [1.29, 1.82) is 0 Å². The molecule has 1 N–H and O–H groups in total. The van der Waals surface area contributed by atoms with Gasteiger partial charge in [0.05, 0.1) is 6.42 Å². The van der Waals surface area contributed by atoms with E-state index in [9.17, 15) is 9.59 Å². The minimum Gasteiger partial charge on any atom is -0.307 e. The second-order valence-corrected chi connectivity index (χ2v) is 7.85. The molecule has 1 aromatic heterocycles. The SMILES string of the molecule is Cn1ccc(NC(=O)C(CC2CCCC2)N2C(=O)Cc3c(Cl)cccc32)n1. The summed E-state index contributed by atoms with van der Waals surface area (Å²) in [6, 6.07) is 6.69. The molecule has 4 rings (SSSR count). The highest BCUT2D eigenvalue weighted by molar-refractivity contribution is 6.32. The molecule has 1 fully saturated rings. The number of fused-ring (bicyclic) bond motifs is 1. The van der Waals surface area contributed by atoms with Crippen LogP contribution in [0.3, 0.4) is 0 Å². The molecule has 0 spiro atoms. The molecule has 2 aromatic rings. The molecule has 0 radical (unpaired) electrons. The van der Waals surface area contributed by atoms with E-state index in [-0.39, 0.29) is 18.2 Å². The lowest BCUT2D eigenvalue weighted by atomic mass is 9.96. The van der Waals surface area contributed by atoms with Crippen LogP contribution in [-0.2, 0) is 23.1 Å². The minimum absolute atomic E-state index is 0.0720. The molecule has 0 bridgehead atoms.